The maximum Gasteiger partial charge on any atom is 0.223 e. The van der Waals surface area contributed by atoms with Crippen LogP contribution in [0.2, 0.25) is 0 Å². The van der Waals surface area contributed by atoms with Gasteiger partial charge in [0, 0.05) is 24.8 Å². The summed E-state index contributed by atoms with van der Waals surface area (Å²) in [4.78, 5) is 18.1. The maximum absolute atomic E-state index is 10.7. The Labute approximate surface area is 80.5 Å². The second kappa shape index (κ2) is 3.41. The largest absolute Gasteiger partial charge is 0.327 e. The molecule has 1 amide bonds. The van der Waals surface area contributed by atoms with Crippen molar-refractivity contribution in [1.29, 1.82) is 0 Å². The fourth-order valence-electron chi connectivity index (χ4n) is 1.34. The van der Waals surface area contributed by atoms with Crippen molar-refractivity contribution < 1.29 is 4.79 Å². The number of imidazole rings is 1. The molecule has 0 spiro atoms. The lowest BCUT2D eigenvalue weighted by Crippen LogP contribution is -2.07. The van der Waals surface area contributed by atoms with Crippen molar-refractivity contribution in [3.05, 3.63) is 11.4 Å². The standard InChI is InChI=1S/C8H11N3OS/c1-5(12)9-8-10-6-2-3-13-4-7(6)11-8/h2-4H2,1H3,(H2,9,10,11,12). The highest BCUT2D eigenvalue weighted by atomic mass is 32.2. The van der Waals surface area contributed by atoms with Crippen LogP contribution in [0.25, 0.3) is 0 Å². The number of hydrogen-bond acceptors (Lipinski definition) is 3. The van der Waals surface area contributed by atoms with E-state index in [0.29, 0.717) is 5.95 Å². The van der Waals surface area contributed by atoms with Gasteiger partial charge in [0.1, 0.15) is 0 Å². The van der Waals surface area contributed by atoms with Crippen LogP contribution in [0.15, 0.2) is 0 Å². The molecule has 2 heterocycles. The van der Waals surface area contributed by atoms with Crippen LogP contribution in [0.1, 0.15) is 18.3 Å². The van der Waals surface area contributed by atoms with Gasteiger partial charge in [0.2, 0.25) is 11.9 Å². The Hall–Kier alpha value is -0.970. The molecule has 0 saturated carbocycles. The zero-order valence-corrected chi connectivity index (χ0v) is 8.20. The van der Waals surface area contributed by atoms with Crippen LogP contribution in [0.5, 0.6) is 0 Å². The van der Waals surface area contributed by atoms with E-state index < -0.39 is 0 Å². The molecule has 0 unspecified atom stereocenters. The fraction of sp³-hybridized carbons (Fsp3) is 0.500. The Kier molecular flexibility index (Phi) is 2.26. The molecule has 1 aliphatic heterocycles. The zero-order valence-electron chi connectivity index (χ0n) is 7.39. The summed E-state index contributed by atoms with van der Waals surface area (Å²) in [7, 11) is 0. The molecule has 1 aromatic heterocycles. The highest BCUT2D eigenvalue weighted by Crippen LogP contribution is 2.23. The number of aryl methyl sites for hydroxylation is 1. The number of carbonyl (C=O) groups excluding carboxylic acids is 1. The molecule has 0 aliphatic carbocycles. The molecule has 5 heteroatoms. The lowest BCUT2D eigenvalue weighted by atomic mass is 10.3. The molecule has 2 rings (SSSR count). The number of nitrogens with one attached hydrogen (secondary N) is 2. The van der Waals surface area contributed by atoms with Crippen LogP contribution in [0.4, 0.5) is 5.95 Å². The van der Waals surface area contributed by atoms with Crippen molar-refractivity contribution in [2.75, 3.05) is 11.1 Å². The highest BCUT2D eigenvalue weighted by Gasteiger charge is 2.14. The number of amides is 1. The zero-order chi connectivity index (χ0) is 9.26. The van der Waals surface area contributed by atoms with E-state index >= 15 is 0 Å². The van der Waals surface area contributed by atoms with E-state index in [-0.39, 0.29) is 5.91 Å². The third-order valence-electron chi connectivity index (χ3n) is 1.89. The number of thioether (sulfide) groups is 1. The molecule has 0 atom stereocenters. The van der Waals surface area contributed by atoms with Gasteiger partial charge in [-0.15, -0.1) is 0 Å². The minimum absolute atomic E-state index is 0.0845. The molecule has 0 bridgehead atoms. The molecule has 0 fully saturated rings. The number of rotatable bonds is 1. The second-order valence-electron chi connectivity index (χ2n) is 2.99. The summed E-state index contributed by atoms with van der Waals surface area (Å²) in [5.74, 6) is 2.60. The van der Waals surface area contributed by atoms with Gasteiger partial charge in [0.05, 0.1) is 5.69 Å². The monoisotopic (exact) mass is 197 g/mol. The summed E-state index contributed by atoms with van der Waals surface area (Å²) in [6, 6.07) is 0. The first-order chi connectivity index (χ1) is 6.25. The lowest BCUT2D eigenvalue weighted by molar-refractivity contribution is -0.114. The number of aromatic amines is 1. The summed E-state index contributed by atoms with van der Waals surface area (Å²) < 4.78 is 0. The Morgan fingerprint density at radius 3 is 3.23 bits per heavy atom. The van der Waals surface area contributed by atoms with Gasteiger partial charge in [-0.1, -0.05) is 0 Å². The van der Waals surface area contributed by atoms with Crippen LogP contribution in [0.3, 0.4) is 0 Å². The number of anilines is 1. The molecule has 0 saturated heterocycles. The Balaban J connectivity index is 2.20. The van der Waals surface area contributed by atoms with E-state index in [0.717, 1.165) is 29.3 Å². The first-order valence-corrected chi connectivity index (χ1v) is 5.34. The Morgan fingerprint density at radius 1 is 1.69 bits per heavy atom. The van der Waals surface area contributed by atoms with Crippen molar-refractivity contribution in [1.82, 2.24) is 9.97 Å². The molecule has 1 aromatic rings. The topological polar surface area (TPSA) is 57.8 Å². The van der Waals surface area contributed by atoms with E-state index in [1.54, 1.807) is 0 Å². The van der Waals surface area contributed by atoms with Gasteiger partial charge in [0.25, 0.3) is 0 Å². The molecule has 70 valence electrons. The minimum Gasteiger partial charge on any atom is -0.327 e. The first kappa shape index (κ1) is 8.62. The molecule has 0 radical (unpaired) electrons. The van der Waals surface area contributed by atoms with Crippen LogP contribution in [-0.4, -0.2) is 21.6 Å². The van der Waals surface area contributed by atoms with Crippen LogP contribution >= 0.6 is 11.8 Å². The van der Waals surface area contributed by atoms with Crippen molar-refractivity contribution in [3.8, 4) is 0 Å². The second-order valence-corrected chi connectivity index (χ2v) is 4.10. The minimum atomic E-state index is -0.0845. The molecule has 0 aromatic carbocycles. The van der Waals surface area contributed by atoms with Gasteiger partial charge in [-0.3, -0.25) is 10.1 Å². The third-order valence-corrected chi connectivity index (χ3v) is 2.87. The van der Waals surface area contributed by atoms with Gasteiger partial charge in [0.15, 0.2) is 0 Å². The predicted octanol–water partition coefficient (Wildman–Crippen LogP) is 1.16. The van der Waals surface area contributed by atoms with Crippen LogP contribution in [-0.2, 0) is 17.0 Å². The number of fused-ring (bicyclic) bond motifs is 1. The van der Waals surface area contributed by atoms with E-state index in [4.69, 9.17) is 0 Å². The summed E-state index contributed by atoms with van der Waals surface area (Å²) in [5, 5.41) is 2.65. The fourth-order valence-corrected chi connectivity index (χ4v) is 2.27. The van der Waals surface area contributed by atoms with Gasteiger partial charge in [-0.05, 0) is 5.75 Å². The Bertz CT molecular complexity index is 311. The van der Waals surface area contributed by atoms with Crippen molar-refractivity contribution >= 4 is 23.6 Å². The van der Waals surface area contributed by atoms with Crippen LogP contribution in [0, 0.1) is 0 Å². The molecular formula is C8H11N3OS. The number of hydrogen-bond donors (Lipinski definition) is 2. The number of H-pyrrole nitrogens is 1. The lowest BCUT2D eigenvalue weighted by Gasteiger charge is -2.07. The molecule has 1 aliphatic rings. The highest BCUT2D eigenvalue weighted by molar-refractivity contribution is 7.98. The molecular weight excluding hydrogens is 186 g/mol. The summed E-state index contributed by atoms with van der Waals surface area (Å²) in [6.45, 7) is 1.48. The average molecular weight is 197 g/mol. The van der Waals surface area contributed by atoms with Crippen molar-refractivity contribution in [2.24, 2.45) is 0 Å². The summed E-state index contributed by atoms with van der Waals surface area (Å²) in [5.41, 5.74) is 2.25. The van der Waals surface area contributed by atoms with Gasteiger partial charge in [-0.25, -0.2) is 4.98 Å². The summed E-state index contributed by atoms with van der Waals surface area (Å²) >= 11 is 1.89. The molecule has 2 N–H and O–H groups in total. The van der Waals surface area contributed by atoms with Crippen molar-refractivity contribution in [3.63, 3.8) is 0 Å². The van der Waals surface area contributed by atoms with E-state index in [2.05, 4.69) is 15.3 Å². The van der Waals surface area contributed by atoms with Crippen molar-refractivity contribution in [2.45, 2.75) is 19.1 Å². The Morgan fingerprint density at radius 2 is 2.54 bits per heavy atom. The van der Waals surface area contributed by atoms with Gasteiger partial charge < -0.3 is 4.98 Å². The maximum atomic E-state index is 10.7. The van der Waals surface area contributed by atoms with E-state index in [9.17, 15) is 4.79 Å². The average Bonchev–Trinajstić information content (AvgIpc) is 2.44. The normalized spacial score (nSPS) is 15.2. The smallest absolute Gasteiger partial charge is 0.223 e. The number of nitrogens with zero attached hydrogens (tertiary/aromatic N) is 1. The quantitative estimate of drug-likeness (QED) is 0.710. The molecule has 4 nitrogen and oxygen atoms in total. The summed E-state index contributed by atoms with van der Waals surface area (Å²) in [6.07, 6.45) is 0.996. The predicted molar refractivity (Wildman–Crippen MR) is 52.8 cm³/mol. The third kappa shape index (κ3) is 1.85. The van der Waals surface area contributed by atoms with Crippen LogP contribution < -0.4 is 5.32 Å². The van der Waals surface area contributed by atoms with Gasteiger partial charge >= 0.3 is 0 Å². The van der Waals surface area contributed by atoms with Gasteiger partial charge in [-0.2, -0.15) is 11.8 Å². The van der Waals surface area contributed by atoms with E-state index in [1.807, 2.05) is 11.8 Å². The van der Waals surface area contributed by atoms with E-state index in [1.165, 1.54) is 6.92 Å². The first-order valence-electron chi connectivity index (χ1n) is 4.19. The molecule has 13 heavy (non-hydrogen) atoms. The number of aromatic nitrogens is 2. The SMILES string of the molecule is CC(=O)Nc1nc2c([nH]1)CSCC2. The number of carbonyl (C=O) groups is 1.